The van der Waals surface area contributed by atoms with Crippen molar-refractivity contribution < 1.29 is 27.0 Å². The Balaban J connectivity index is 1.80. The van der Waals surface area contributed by atoms with Crippen molar-refractivity contribution in [2.24, 2.45) is 0 Å². The first kappa shape index (κ1) is 19.8. The summed E-state index contributed by atoms with van der Waals surface area (Å²) < 4.78 is 64.1. The number of hydrogen-bond acceptors (Lipinski definition) is 3. The maximum absolute atomic E-state index is 13.2. The highest BCUT2D eigenvalue weighted by molar-refractivity contribution is 5.32. The Morgan fingerprint density at radius 3 is 2.52 bits per heavy atom. The molecule has 0 radical (unpaired) electrons. The number of morpholine rings is 1. The minimum atomic E-state index is -4.42. The number of benzene rings is 2. The summed E-state index contributed by atoms with van der Waals surface area (Å²) in [7, 11) is 0. The molecule has 1 N–H and O–H groups in total. The number of alkyl halides is 3. The third kappa shape index (κ3) is 4.86. The summed E-state index contributed by atoms with van der Waals surface area (Å²) in [5, 5.41) is 3.26. The van der Waals surface area contributed by atoms with E-state index in [0.717, 1.165) is 17.7 Å². The molecule has 1 saturated heterocycles. The van der Waals surface area contributed by atoms with E-state index >= 15 is 0 Å². The smallest absolute Gasteiger partial charge is 0.349 e. The van der Waals surface area contributed by atoms with Gasteiger partial charge in [-0.25, -0.2) is 4.39 Å². The van der Waals surface area contributed by atoms with Gasteiger partial charge in [0.05, 0.1) is 24.3 Å². The number of aryl methyl sites for hydroxylation is 1. The van der Waals surface area contributed by atoms with Gasteiger partial charge in [0.15, 0.2) is 6.29 Å². The standard InChI is InChI=1S/C20H21F4NO2/c1-12-9-15(11-16(10-12)20(22,23)24)13(2)27-19-18(25-7-8-26-19)14-3-5-17(21)6-4-14/h3-6,9-11,13,18-19,25H,7-8H2,1-2H3/t13-,18-,19-/m1/s1. The first-order valence-corrected chi connectivity index (χ1v) is 8.69. The molecule has 3 rings (SSSR count). The van der Waals surface area contributed by atoms with E-state index in [1.165, 1.54) is 12.1 Å². The second-order valence-electron chi connectivity index (χ2n) is 6.63. The number of halogens is 4. The Labute approximate surface area is 155 Å². The molecule has 0 bridgehead atoms. The largest absolute Gasteiger partial charge is 0.416 e. The third-order valence-electron chi connectivity index (χ3n) is 4.48. The van der Waals surface area contributed by atoms with E-state index in [9.17, 15) is 17.6 Å². The number of ether oxygens (including phenoxy) is 2. The van der Waals surface area contributed by atoms with Gasteiger partial charge in [-0.2, -0.15) is 13.2 Å². The summed E-state index contributed by atoms with van der Waals surface area (Å²) in [6.07, 6.45) is -5.73. The molecule has 1 aliphatic heterocycles. The van der Waals surface area contributed by atoms with E-state index in [1.807, 2.05) is 0 Å². The molecule has 7 heteroatoms. The molecule has 0 aliphatic carbocycles. The van der Waals surface area contributed by atoms with Crippen molar-refractivity contribution in [1.82, 2.24) is 5.32 Å². The van der Waals surface area contributed by atoms with Gasteiger partial charge >= 0.3 is 6.18 Å². The fourth-order valence-corrected chi connectivity index (χ4v) is 3.14. The predicted molar refractivity (Wildman–Crippen MR) is 92.6 cm³/mol. The zero-order valence-corrected chi connectivity index (χ0v) is 15.0. The van der Waals surface area contributed by atoms with E-state index in [4.69, 9.17) is 9.47 Å². The van der Waals surface area contributed by atoms with Gasteiger partial charge in [0.25, 0.3) is 0 Å². The van der Waals surface area contributed by atoms with Gasteiger partial charge in [-0.15, -0.1) is 0 Å². The SMILES string of the molecule is Cc1cc([C@@H](C)O[C@H]2OCCN[C@@H]2c2ccc(F)cc2)cc(C(F)(F)F)c1. The minimum Gasteiger partial charge on any atom is -0.349 e. The van der Waals surface area contributed by atoms with Crippen LogP contribution in [0.4, 0.5) is 17.6 Å². The lowest BCUT2D eigenvalue weighted by atomic mass is 10.0. The van der Waals surface area contributed by atoms with Gasteiger partial charge in [0, 0.05) is 6.54 Å². The molecule has 1 fully saturated rings. The molecular formula is C20H21F4NO2. The minimum absolute atomic E-state index is 0.339. The van der Waals surface area contributed by atoms with Crippen LogP contribution in [0.1, 0.15) is 41.3 Å². The molecule has 0 saturated carbocycles. The van der Waals surface area contributed by atoms with E-state index in [1.54, 1.807) is 32.0 Å². The molecule has 0 spiro atoms. The molecule has 27 heavy (non-hydrogen) atoms. The fourth-order valence-electron chi connectivity index (χ4n) is 3.14. The van der Waals surface area contributed by atoms with Crippen molar-refractivity contribution >= 4 is 0 Å². The Kier molecular flexibility index (Phi) is 5.83. The molecule has 0 aromatic heterocycles. The molecule has 1 aliphatic rings. The zero-order valence-electron chi connectivity index (χ0n) is 15.0. The fraction of sp³-hybridized carbons (Fsp3) is 0.400. The maximum Gasteiger partial charge on any atom is 0.416 e. The normalized spacial score (nSPS) is 21.9. The van der Waals surface area contributed by atoms with Crippen LogP contribution in [-0.4, -0.2) is 19.4 Å². The molecule has 3 nitrogen and oxygen atoms in total. The van der Waals surface area contributed by atoms with Crippen LogP contribution in [0.2, 0.25) is 0 Å². The Morgan fingerprint density at radius 1 is 1.15 bits per heavy atom. The third-order valence-corrected chi connectivity index (χ3v) is 4.48. The van der Waals surface area contributed by atoms with Gasteiger partial charge in [-0.3, -0.25) is 0 Å². The van der Waals surface area contributed by atoms with E-state index in [2.05, 4.69) is 5.32 Å². The highest BCUT2D eigenvalue weighted by atomic mass is 19.4. The van der Waals surface area contributed by atoms with Crippen molar-refractivity contribution in [3.8, 4) is 0 Å². The molecule has 0 unspecified atom stereocenters. The highest BCUT2D eigenvalue weighted by Crippen LogP contribution is 2.34. The average molecular weight is 383 g/mol. The van der Waals surface area contributed by atoms with Crippen LogP contribution in [0.25, 0.3) is 0 Å². The van der Waals surface area contributed by atoms with Crippen molar-refractivity contribution in [2.45, 2.75) is 38.5 Å². The van der Waals surface area contributed by atoms with Crippen LogP contribution in [-0.2, 0) is 15.7 Å². The first-order chi connectivity index (χ1) is 12.7. The van der Waals surface area contributed by atoms with Crippen LogP contribution >= 0.6 is 0 Å². The lowest BCUT2D eigenvalue weighted by molar-refractivity contribution is -0.200. The first-order valence-electron chi connectivity index (χ1n) is 8.69. The van der Waals surface area contributed by atoms with Gasteiger partial charge in [-0.1, -0.05) is 23.8 Å². The Morgan fingerprint density at radius 2 is 1.85 bits per heavy atom. The zero-order chi connectivity index (χ0) is 19.6. The number of hydrogen-bond donors (Lipinski definition) is 1. The summed E-state index contributed by atoms with van der Waals surface area (Å²) in [5.41, 5.74) is 1.02. The topological polar surface area (TPSA) is 30.5 Å². The summed E-state index contributed by atoms with van der Waals surface area (Å²) in [4.78, 5) is 0. The van der Waals surface area contributed by atoms with Crippen molar-refractivity contribution in [1.29, 1.82) is 0 Å². The summed E-state index contributed by atoms with van der Waals surface area (Å²) in [6.45, 7) is 4.32. The maximum atomic E-state index is 13.2. The summed E-state index contributed by atoms with van der Waals surface area (Å²) in [6, 6.07) is 9.51. The molecule has 0 amide bonds. The van der Waals surface area contributed by atoms with E-state index in [0.29, 0.717) is 24.3 Å². The van der Waals surface area contributed by atoms with Crippen LogP contribution < -0.4 is 5.32 Å². The molecule has 2 aromatic rings. The van der Waals surface area contributed by atoms with Gasteiger partial charge in [0.1, 0.15) is 5.82 Å². The molecule has 146 valence electrons. The molecular weight excluding hydrogens is 362 g/mol. The van der Waals surface area contributed by atoms with E-state index in [-0.39, 0.29) is 11.9 Å². The van der Waals surface area contributed by atoms with Gasteiger partial charge in [0.2, 0.25) is 0 Å². The lowest BCUT2D eigenvalue weighted by Crippen LogP contribution is -2.43. The van der Waals surface area contributed by atoms with Crippen LogP contribution in [0, 0.1) is 12.7 Å². The van der Waals surface area contributed by atoms with Crippen molar-refractivity contribution in [3.05, 3.63) is 70.5 Å². The van der Waals surface area contributed by atoms with Crippen LogP contribution in [0.3, 0.4) is 0 Å². The van der Waals surface area contributed by atoms with Gasteiger partial charge < -0.3 is 14.8 Å². The van der Waals surface area contributed by atoms with Crippen LogP contribution in [0.15, 0.2) is 42.5 Å². The Bertz CT molecular complexity index is 777. The molecule has 2 aromatic carbocycles. The summed E-state index contributed by atoms with van der Waals surface area (Å²) >= 11 is 0. The van der Waals surface area contributed by atoms with Crippen molar-refractivity contribution in [2.75, 3.05) is 13.2 Å². The average Bonchev–Trinajstić information content (AvgIpc) is 2.62. The Hall–Kier alpha value is -1.96. The lowest BCUT2D eigenvalue weighted by Gasteiger charge is -2.34. The summed E-state index contributed by atoms with van der Waals surface area (Å²) in [5.74, 6) is -0.347. The number of rotatable bonds is 4. The van der Waals surface area contributed by atoms with E-state index < -0.39 is 24.1 Å². The second kappa shape index (κ2) is 7.96. The quantitative estimate of drug-likeness (QED) is 0.761. The second-order valence-corrected chi connectivity index (χ2v) is 6.63. The van der Waals surface area contributed by atoms with Gasteiger partial charge in [-0.05, 0) is 49.2 Å². The molecule has 3 atom stereocenters. The predicted octanol–water partition coefficient (Wildman–Crippen LogP) is 4.92. The number of nitrogens with one attached hydrogen (secondary N) is 1. The molecule has 1 heterocycles. The van der Waals surface area contributed by atoms with Crippen molar-refractivity contribution in [3.63, 3.8) is 0 Å². The highest BCUT2D eigenvalue weighted by Gasteiger charge is 2.33. The van der Waals surface area contributed by atoms with Crippen LogP contribution in [0.5, 0.6) is 0 Å². The monoisotopic (exact) mass is 383 g/mol.